The fraction of sp³-hybridized carbons (Fsp3) is 0.400. The molecule has 0 aliphatic heterocycles. The molecule has 0 saturated heterocycles. The number of ether oxygens (including phenoxy) is 1. The molecule has 0 aliphatic carbocycles. The topological polar surface area (TPSA) is 58.5 Å². The lowest BCUT2D eigenvalue weighted by Gasteiger charge is -2.20. The minimum Gasteiger partial charge on any atom is -0.489 e. The summed E-state index contributed by atoms with van der Waals surface area (Å²) in [5, 5.41) is 6.56. The highest BCUT2D eigenvalue weighted by atomic mass is 19.1. The minimum absolute atomic E-state index is 0.0715. The summed E-state index contributed by atoms with van der Waals surface area (Å²) in [5.41, 5.74) is 2.45. The van der Waals surface area contributed by atoms with Gasteiger partial charge in [0.05, 0.1) is 6.54 Å². The van der Waals surface area contributed by atoms with Crippen LogP contribution in [0.5, 0.6) is 5.75 Å². The third kappa shape index (κ3) is 6.35. The molecule has 26 heavy (non-hydrogen) atoms. The highest BCUT2D eigenvalue weighted by molar-refractivity contribution is 5.79. The van der Waals surface area contributed by atoms with Gasteiger partial charge in [0.1, 0.15) is 17.7 Å². The number of hydrogen-bond acceptors (Lipinski definition) is 3. The van der Waals surface area contributed by atoms with E-state index < -0.39 is 0 Å². The van der Waals surface area contributed by atoms with Gasteiger partial charge in [0, 0.05) is 32.1 Å². The number of guanidine groups is 1. The molecule has 0 fully saturated rings. The van der Waals surface area contributed by atoms with Crippen LogP contribution in [0.4, 0.5) is 4.39 Å². The molecule has 1 aromatic heterocycles. The van der Waals surface area contributed by atoms with E-state index in [0.29, 0.717) is 12.3 Å². The van der Waals surface area contributed by atoms with Crippen LogP contribution in [0.2, 0.25) is 0 Å². The fourth-order valence-electron chi connectivity index (χ4n) is 2.53. The molecule has 1 atom stereocenters. The maximum atomic E-state index is 13.3. The predicted molar refractivity (Wildman–Crippen MR) is 103 cm³/mol. The van der Waals surface area contributed by atoms with E-state index in [4.69, 9.17) is 4.74 Å². The number of benzene rings is 1. The van der Waals surface area contributed by atoms with Gasteiger partial charge in [-0.3, -0.25) is 9.98 Å². The molecule has 0 bridgehead atoms. The third-order valence-corrected chi connectivity index (χ3v) is 4.10. The van der Waals surface area contributed by atoms with Crippen molar-refractivity contribution >= 4 is 5.96 Å². The summed E-state index contributed by atoms with van der Waals surface area (Å²) in [6.45, 7) is 5.45. The zero-order valence-electron chi connectivity index (χ0n) is 15.6. The zero-order chi connectivity index (χ0) is 18.8. The molecular weight excluding hydrogens is 331 g/mol. The lowest BCUT2D eigenvalue weighted by atomic mass is 10.1. The Bertz CT molecular complexity index is 720. The molecule has 2 aromatic rings. The Morgan fingerprint density at radius 3 is 2.85 bits per heavy atom. The van der Waals surface area contributed by atoms with Gasteiger partial charge in [-0.25, -0.2) is 4.39 Å². The quantitative estimate of drug-likeness (QED) is 0.562. The molecule has 1 unspecified atom stereocenters. The summed E-state index contributed by atoms with van der Waals surface area (Å²) in [7, 11) is 1.74. The molecule has 0 spiro atoms. The maximum absolute atomic E-state index is 13.3. The molecule has 140 valence electrons. The van der Waals surface area contributed by atoms with E-state index in [9.17, 15) is 4.39 Å². The molecule has 0 aliphatic rings. The van der Waals surface area contributed by atoms with E-state index in [1.807, 2.05) is 25.4 Å². The standard InChI is InChI=1S/C20H27FN4O/c1-4-18(26-19-7-5-6-17(21)12-19)14-25-20(22-3)24-11-9-16-8-10-23-13-15(16)2/h5-8,10,12-13,18H,4,9,11,14H2,1-3H3,(H2,22,24,25). The molecule has 0 saturated carbocycles. The van der Waals surface area contributed by atoms with Crippen molar-refractivity contribution in [2.75, 3.05) is 20.1 Å². The van der Waals surface area contributed by atoms with Crippen LogP contribution in [0.25, 0.3) is 0 Å². The van der Waals surface area contributed by atoms with Crippen molar-refractivity contribution in [1.82, 2.24) is 15.6 Å². The Kier molecular flexibility index (Phi) is 7.86. The van der Waals surface area contributed by atoms with Crippen LogP contribution in [-0.2, 0) is 6.42 Å². The zero-order valence-corrected chi connectivity index (χ0v) is 15.6. The monoisotopic (exact) mass is 358 g/mol. The van der Waals surface area contributed by atoms with E-state index in [1.54, 1.807) is 19.2 Å². The van der Waals surface area contributed by atoms with Crippen LogP contribution in [0.1, 0.15) is 24.5 Å². The number of pyridine rings is 1. The number of nitrogens with one attached hydrogen (secondary N) is 2. The van der Waals surface area contributed by atoms with Crippen molar-refractivity contribution in [3.8, 4) is 5.75 Å². The molecule has 0 amide bonds. The molecule has 2 rings (SSSR count). The number of aryl methyl sites for hydroxylation is 1. The van der Waals surface area contributed by atoms with Crippen molar-refractivity contribution in [3.63, 3.8) is 0 Å². The van der Waals surface area contributed by atoms with Gasteiger partial charge in [-0.05, 0) is 49.1 Å². The summed E-state index contributed by atoms with van der Waals surface area (Å²) in [6.07, 6.45) is 5.31. The first-order chi connectivity index (χ1) is 12.6. The molecule has 6 heteroatoms. The second-order valence-electron chi connectivity index (χ2n) is 6.04. The molecule has 5 nitrogen and oxygen atoms in total. The second kappa shape index (κ2) is 10.4. The Morgan fingerprint density at radius 1 is 1.31 bits per heavy atom. The van der Waals surface area contributed by atoms with Crippen molar-refractivity contribution in [3.05, 3.63) is 59.7 Å². The van der Waals surface area contributed by atoms with Crippen LogP contribution in [0.15, 0.2) is 47.7 Å². The summed E-state index contributed by atoms with van der Waals surface area (Å²) in [4.78, 5) is 8.34. The van der Waals surface area contributed by atoms with Gasteiger partial charge in [-0.15, -0.1) is 0 Å². The fourth-order valence-corrected chi connectivity index (χ4v) is 2.53. The Morgan fingerprint density at radius 2 is 2.15 bits per heavy atom. The van der Waals surface area contributed by atoms with Gasteiger partial charge in [-0.1, -0.05) is 13.0 Å². The lowest BCUT2D eigenvalue weighted by Crippen LogP contribution is -2.43. The van der Waals surface area contributed by atoms with Crippen LogP contribution < -0.4 is 15.4 Å². The van der Waals surface area contributed by atoms with Crippen molar-refractivity contribution < 1.29 is 9.13 Å². The van der Waals surface area contributed by atoms with Gasteiger partial charge >= 0.3 is 0 Å². The van der Waals surface area contributed by atoms with E-state index >= 15 is 0 Å². The largest absolute Gasteiger partial charge is 0.489 e. The van der Waals surface area contributed by atoms with Crippen LogP contribution in [0, 0.1) is 12.7 Å². The van der Waals surface area contributed by atoms with Crippen molar-refractivity contribution in [2.45, 2.75) is 32.8 Å². The van der Waals surface area contributed by atoms with E-state index in [1.165, 1.54) is 23.3 Å². The van der Waals surface area contributed by atoms with Crippen LogP contribution in [0.3, 0.4) is 0 Å². The first-order valence-corrected chi connectivity index (χ1v) is 8.88. The highest BCUT2D eigenvalue weighted by Gasteiger charge is 2.10. The first kappa shape index (κ1) is 19.7. The van der Waals surface area contributed by atoms with Gasteiger partial charge in [0.15, 0.2) is 5.96 Å². The smallest absolute Gasteiger partial charge is 0.191 e. The first-order valence-electron chi connectivity index (χ1n) is 8.88. The Labute approximate surface area is 154 Å². The Balaban J connectivity index is 1.78. The average Bonchev–Trinajstić information content (AvgIpc) is 2.64. The van der Waals surface area contributed by atoms with E-state index in [-0.39, 0.29) is 11.9 Å². The number of aromatic nitrogens is 1. The van der Waals surface area contributed by atoms with E-state index in [2.05, 4.69) is 27.5 Å². The predicted octanol–water partition coefficient (Wildman–Crippen LogP) is 3.09. The van der Waals surface area contributed by atoms with Gasteiger partial charge in [0.25, 0.3) is 0 Å². The van der Waals surface area contributed by atoms with Crippen molar-refractivity contribution in [2.24, 2.45) is 4.99 Å². The number of rotatable bonds is 8. The summed E-state index contributed by atoms with van der Waals surface area (Å²) in [5.74, 6) is 0.960. The lowest BCUT2D eigenvalue weighted by molar-refractivity contribution is 0.199. The second-order valence-corrected chi connectivity index (χ2v) is 6.04. The van der Waals surface area contributed by atoms with E-state index in [0.717, 1.165) is 25.3 Å². The molecular formula is C20H27FN4O. The van der Waals surface area contributed by atoms with Crippen molar-refractivity contribution in [1.29, 1.82) is 0 Å². The number of nitrogens with zero attached hydrogens (tertiary/aromatic N) is 2. The third-order valence-electron chi connectivity index (χ3n) is 4.10. The highest BCUT2D eigenvalue weighted by Crippen LogP contribution is 2.14. The summed E-state index contributed by atoms with van der Waals surface area (Å²) in [6, 6.07) is 8.24. The number of aliphatic imine (C=N–C) groups is 1. The number of hydrogen-bond donors (Lipinski definition) is 2. The van der Waals surface area contributed by atoms with Gasteiger partial charge < -0.3 is 15.4 Å². The average molecular weight is 358 g/mol. The summed E-state index contributed by atoms with van der Waals surface area (Å²) < 4.78 is 19.1. The van der Waals surface area contributed by atoms with Gasteiger partial charge in [0.2, 0.25) is 0 Å². The molecule has 0 radical (unpaired) electrons. The van der Waals surface area contributed by atoms with Gasteiger partial charge in [-0.2, -0.15) is 0 Å². The van der Waals surface area contributed by atoms with Crippen LogP contribution >= 0.6 is 0 Å². The SMILES string of the molecule is CCC(CNC(=NC)NCCc1ccncc1C)Oc1cccc(F)c1. The molecule has 1 heterocycles. The molecule has 2 N–H and O–H groups in total. The van der Waals surface area contributed by atoms with Crippen LogP contribution in [-0.4, -0.2) is 37.2 Å². The maximum Gasteiger partial charge on any atom is 0.191 e. The number of halogens is 1. The normalized spacial score (nSPS) is 12.5. The summed E-state index contributed by atoms with van der Waals surface area (Å²) >= 11 is 0. The Hall–Kier alpha value is -2.63. The molecule has 1 aromatic carbocycles. The minimum atomic E-state index is -0.297.